The lowest BCUT2D eigenvalue weighted by molar-refractivity contribution is 0.102. The van der Waals surface area contributed by atoms with Gasteiger partial charge in [0.15, 0.2) is 5.13 Å². The molecule has 144 valence electrons. The van der Waals surface area contributed by atoms with E-state index in [2.05, 4.69) is 20.9 Å². The molecular formula is C19H17ClN4O3S. The van der Waals surface area contributed by atoms with Gasteiger partial charge in [0.1, 0.15) is 10.6 Å². The summed E-state index contributed by atoms with van der Waals surface area (Å²) in [6, 6.07) is 13.4. The summed E-state index contributed by atoms with van der Waals surface area (Å²) in [5.74, 6) is 0.222. The van der Waals surface area contributed by atoms with Crippen molar-refractivity contribution in [3.63, 3.8) is 0 Å². The number of carbonyl (C=O) groups excluding carboxylic acids is 2. The van der Waals surface area contributed by atoms with Gasteiger partial charge in [-0.1, -0.05) is 41.1 Å². The summed E-state index contributed by atoms with van der Waals surface area (Å²) in [5, 5.41) is 8.90. The first-order chi connectivity index (χ1) is 13.5. The number of hydrogen-bond donors (Lipinski definition) is 3. The molecule has 0 aliphatic rings. The second-order valence-electron chi connectivity index (χ2n) is 5.68. The number of carbonyl (C=O) groups is 2. The number of benzene rings is 2. The first-order valence-electron chi connectivity index (χ1n) is 8.21. The standard InChI is InChI=1S/C19H17ClN4O3S/c1-11-16(17(25)23-14-8-3-4-9-15(14)27-2)28-19(21-11)24-18(26)22-13-7-5-6-12(20)10-13/h3-10H,1-2H3,(H,23,25)(H2,21,22,24,26). The molecule has 0 atom stereocenters. The van der Waals surface area contributed by atoms with Crippen LogP contribution in [-0.4, -0.2) is 24.0 Å². The molecule has 2 aromatic carbocycles. The van der Waals surface area contributed by atoms with E-state index >= 15 is 0 Å². The largest absolute Gasteiger partial charge is 0.495 e. The minimum absolute atomic E-state index is 0.308. The highest BCUT2D eigenvalue weighted by Gasteiger charge is 2.18. The number of para-hydroxylation sites is 2. The number of urea groups is 1. The van der Waals surface area contributed by atoms with Gasteiger partial charge in [0.05, 0.1) is 18.5 Å². The Morgan fingerprint density at radius 1 is 1.07 bits per heavy atom. The van der Waals surface area contributed by atoms with Gasteiger partial charge in [0.25, 0.3) is 5.91 Å². The van der Waals surface area contributed by atoms with Gasteiger partial charge in [-0.25, -0.2) is 9.78 Å². The Hall–Kier alpha value is -3.10. The highest BCUT2D eigenvalue weighted by Crippen LogP contribution is 2.27. The van der Waals surface area contributed by atoms with Crippen LogP contribution in [-0.2, 0) is 0 Å². The Kier molecular flexibility index (Phi) is 6.13. The molecule has 0 saturated heterocycles. The van der Waals surface area contributed by atoms with Crippen molar-refractivity contribution in [1.29, 1.82) is 0 Å². The minimum Gasteiger partial charge on any atom is -0.495 e. The van der Waals surface area contributed by atoms with Crippen molar-refractivity contribution in [3.05, 3.63) is 64.1 Å². The third-order valence-corrected chi connectivity index (χ3v) is 4.97. The Bertz CT molecular complexity index is 1020. The number of methoxy groups -OCH3 is 1. The topological polar surface area (TPSA) is 92.4 Å². The first kappa shape index (κ1) is 19.7. The lowest BCUT2D eigenvalue weighted by Crippen LogP contribution is -2.19. The van der Waals surface area contributed by atoms with E-state index in [1.165, 1.54) is 7.11 Å². The number of amides is 3. The van der Waals surface area contributed by atoms with Crippen LogP contribution in [0.2, 0.25) is 5.02 Å². The summed E-state index contributed by atoms with van der Waals surface area (Å²) < 4.78 is 5.23. The summed E-state index contributed by atoms with van der Waals surface area (Å²) in [7, 11) is 1.53. The van der Waals surface area contributed by atoms with Crippen molar-refractivity contribution < 1.29 is 14.3 Å². The van der Waals surface area contributed by atoms with E-state index in [1.807, 2.05) is 6.07 Å². The van der Waals surface area contributed by atoms with Crippen LogP contribution in [0.4, 0.5) is 21.3 Å². The molecule has 0 fully saturated rings. The average Bonchev–Trinajstić information content (AvgIpc) is 3.02. The van der Waals surface area contributed by atoms with Gasteiger partial charge in [-0.2, -0.15) is 0 Å². The van der Waals surface area contributed by atoms with Gasteiger partial charge in [-0.15, -0.1) is 0 Å². The van der Waals surface area contributed by atoms with Crippen LogP contribution < -0.4 is 20.7 Å². The van der Waals surface area contributed by atoms with Crippen LogP contribution >= 0.6 is 22.9 Å². The van der Waals surface area contributed by atoms with Crippen LogP contribution in [0, 0.1) is 6.92 Å². The monoisotopic (exact) mass is 416 g/mol. The number of ether oxygens (including phenoxy) is 1. The van der Waals surface area contributed by atoms with E-state index in [9.17, 15) is 9.59 Å². The third-order valence-electron chi connectivity index (χ3n) is 3.66. The Morgan fingerprint density at radius 3 is 2.61 bits per heavy atom. The van der Waals surface area contributed by atoms with E-state index in [0.717, 1.165) is 11.3 Å². The fraction of sp³-hybridized carbons (Fsp3) is 0.105. The third kappa shape index (κ3) is 4.79. The van der Waals surface area contributed by atoms with Crippen LogP contribution in [0.15, 0.2) is 48.5 Å². The lowest BCUT2D eigenvalue weighted by Gasteiger charge is -2.08. The normalized spacial score (nSPS) is 10.2. The van der Waals surface area contributed by atoms with Crippen molar-refractivity contribution in [2.45, 2.75) is 6.92 Å². The number of rotatable bonds is 5. The molecule has 3 aromatic rings. The minimum atomic E-state index is -0.479. The summed E-state index contributed by atoms with van der Waals surface area (Å²) in [6.07, 6.45) is 0. The molecule has 0 aliphatic heterocycles. The number of nitrogens with zero attached hydrogens (tertiary/aromatic N) is 1. The van der Waals surface area contributed by atoms with Gasteiger partial charge < -0.3 is 15.4 Å². The van der Waals surface area contributed by atoms with E-state index in [1.54, 1.807) is 49.4 Å². The predicted molar refractivity (Wildman–Crippen MR) is 112 cm³/mol. The summed E-state index contributed by atoms with van der Waals surface area (Å²) >= 11 is 6.98. The van der Waals surface area contributed by atoms with Crippen LogP contribution in [0.25, 0.3) is 0 Å². The highest BCUT2D eigenvalue weighted by molar-refractivity contribution is 7.17. The smallest absolute Gasteiger partial charge is 0.325 e. The molecule has 1 aromatic heterocycles. The molecule has 0 unspecified atom stereocenters. The zero-order valence-electron chi connectivity index (χ0n) is 15.1. The molecule has 3 N–H and O–H groups in total. The molecule has 1 heterocycles. The van der Waals surface area contributed by atoms with E-state index in [4.69, 9.17) is 16.3 Å². The van der Waals surface area contributed by atoms with Crippen LogP contribution in [0.3, 0.4) is 0 Å². The second-order valence-corrected chi connectivity index (χ2v) is 7.11. The predicted octanol–water partition coefficient (Wildman–Crippen LogP) is 5.01. The number of anilines is 3. The molecular weight excluding hydrogens is 400 g/mol. The molecule has 0 spiro atoms. The number of aryl methyl sites for hydroxylation is 1. The summed E-state index contributed by atoms with van der Waals surface area (Å²) in [6.45, 7) is 1.70. The van der Waals surface area contributed by atoms with E-state index in [-0.39, 0.29) is 5.91 Å². The van der Waals surface area contributed by atoms with Gasteiger partial charge in [0, 0.05) is 10.7 Å². The van der Waals surface area contributed by atoms with Crippen LogP contribution in [0.5, 0.6) is 5.75 Å². The molecule has 0 radical (unpaired) electrons. The van der Waals surface area contributed by atoms with Gasteiger partial charge >= 0.3 is 6.03 Å². The van der Waals surface area contributed by atoms with E-state index in [0.29, 0.717) is 37.8 Å². The van der Waals surface area contributed by atoms with Crippen molar-refractivity contribution >= 4 is 51.4 Å². The van der Waals surface area contributed by atoms with Crippen molar-refractivity contribution in [3.8, 4) is 5.75 Å². The summed E-state index contributed by atoms with van der Waals surface area (Å²) in [4.78, 5) is 29.4. The molecule has 28 heavy (non-hydrogen) atoms. The molecule has 3 rings (SSSR count). The van der Waals surface area contributed by atoms with Crippen LogP contribution in [0.1, 0.15) is 15.4 Å². The molecule has 9 heteroatoms. The Labute approximate surface area is 170 Å². The molecule has 0 aliphatic carbocycles. The maximum Gasteiger partial charge on any atom is 0.325 e. The molecule has 0 bridgehead atoms. The number of thiazole rings is 1. The quantitative estimate of drug-likeness (QED) is 0.545. The maximum atomic E-state index is 12.6. The SMILES string of the molecule is COc1ccccc1NC(=O)c1sc(NC(=O)Nc2cccc(Cl)c2)nc1C. The van der Waals surface area contributed by atoms with Crippen molar-refractivity contribution in [2.75, 3.05) is 23.1 Å². The second kappa shape index (κ2) is 8.73. The zero-order valence-corrected chi connectivity index (χ0v) is 16.6. The lowest BCUT2D eigenvalue weighted by atomic mass is 10.3. The van der Waals surface area contributed by atoms with Gasteiger partial charge in [-0.05, 0) is 37.3 Å². The fourth-order valence-electron chi connectivity index (χ4n) is 2.41. The fourth-order valence-corrected chi connectivity index (χ4v) is 3.46. The zero-order chi connectivity index (χ0) is 20.1. The molecule has 7 nitrogen and oxygen atoms in total. The Morgan fingerprint density at radius 2 is 1.86 bits per heavy atom. The number of aromatic nitrogens is 1. The molecule has 0 saturated carbocycles. The number of halogens is 1. The first-order valence-corrected chi connectivity index (χ1v) is 9.41. The van der Waals surface area contributed by atoms with Crippen molar-refractivity contribution in [2.24, 2.45) is 0 Å². The maximum absolute atomic E-state index is 12.6. The number of nitrogens with one attached hydrogen (secondary N) is 3. The van der Waals surface area contributed by atoms with Gasteiger partial charge in [0.2, 0.25) is 0 Å². The van der Waals surface area contributed by atoms with E-state index < -0.39 is 6.03 Å². The highest BCUT2D eigenvalue weighted by atomic mass is 35.5. The number of hydrogen-bond acceptors (Lipinski definition) is 5. The Balaban J connectivity index is 1.68. The average molecular weight is 417 g/mol. The molecule has 3 amide bonds. The van der Waals surface area contributed by atoms with Crippen molar-refractivity contribution in [1.82, 2.24) is 4.98 Å². The summed E-state index contributed by atoms with van der Waals surface area (Å²) in [5.41, 5.74) is 1.61. The van der Waals surface area contributed by atoms with Gasteiger partial charge in [-0.3, -0.25) is 10.1 Å².